The van der Waals surface area contributed by atoms with Gasteiger partial charge in [0.2, 0.25) is 0 Å². The normalized spacial score (nSPS) is 10.3. The van der Waals surface area contributed by atoms with Crippen LogP contribution in [0.3, 0.4) is 0 Å². The molecule has 0 unspecified atom stereocenters. The van der Waals surface area contributed by atoms with E-state index in [2.05, 4.69) is 29.2 Å². The monoisotopic (exact) mass is 301 g/mol. The van der Waals surface area contributed by atoms with Gasteiger partial charge in [-0.2, -0.15) is 0 Å². The van der Waals surface area contributed by atoms with Crippen LogP contribution in [0.5, 0.6) is 0 Å². The first-order valence-corrected chi connectivity index (χ1v) is 8.06. The Morgan fingerprint density at radius 2 is 1.90 bits per heavy atom. The summed E-state index contributed by atoms with van der Waals surface area (Å²) < 4.78 is 0. The van der Waals surface area contributed by atoms with Crippen molar-refractivity contribution in [2.75, 3.05) is 17.7 Å². The molecule has 110 valence electrons. The summed E-state index contributed by atoms with van der Waals surface area (Å²) in [5, 5.41) is 8.95. The summed E-state index contributed by atoms with van der Waals surface area (Å²) in [6, 6.07) is 18.3. The van der Waals surface area contributed by atoms with Gasteiger partial charge in [0.05, 0.1) is 6.42 Å². The largest absolute Gasteiger partial charge is 0.481 e. The lowest BCUT2D eigenvalue weighted by Crippen LogP contribution is -2.25. The van der Waals surface area contributed by atoms with E-state index >= 15 is 0 Å². The number of carboxylic acid groups (broad SMARTS) is 1. The van der Waals surface area contributed by atoms with Gasteiger partial charge in [-0.3, -0.25) is 4.79 Å². The van der Waals surface area contributed by atoms with Crippen molar-refractivity contribution in [3.8, 4) is 0 Å². The van der Waals surface area contributed by atoms with Gasteiger partial charge in [-0.15, -0.1) is 11.8 Å². The summed E-state index contributed by atoms with van der Waals surface area (Å²) in [5.41, 5.74) is 2.24. The smallest absolute Gasteiger partial charge is 0.305 e. The van der Waals surface area contributed by atoms with Crippen molar-refractivity contribution in [1.82, 2.24) is 0 Å². The van der Waals surface area contributed by atoms with Crippen molar-refractivity contribution < 1.29 is 9.90 Å². The SMILES string of the molecule is CSc1cccc(N(CCC(=O)O)Cc2ccccc2)c1. The van der Waals surface area contributed by atoms with Crippen molar-refractivity contribution in [2.24, 2.45) is 0 Å². The third-order valence-electron chi connectivity index (χ3n) is 3.23. The fourth-order valence-corrected chi connectivity index (χ4v) is 2.59. The van der Waals surface area contributed by atoms with Gasteiger partial charge in [-0.1, -0.05) is 36.4 Å². The third-order valence-corrected chi connectivity index (χ3v) is 3.96. The highest BCUT2D eigenvalue weighted by Gasteiger charge is 2.10. The highest BCUT2D eigenvalue weighted by molar-refractivity contribution is 7.98. The predicted molar refractivity (Wildman–Crippen MR) is 88.0 cm³/mol. The molecule has 0 aromatic heterocycles. The average molecular weight is 301 g/mol. The van der Waals surface area contributed by atoms with Gasteiger partial charge in [0, 0.05) is 23.7 Å². The summed E-state index contributed by atoms with van der Waals surface area (Å²) in [6.45, 7) is 1.22. The van der Waals surface area contributed by atoms with E-state index < -0.39 is 5.97 Å². The molecule has 0 fully saturated rings. The number of thioether (sulfide) groups is 1. The van der Waals surface area contributed by atoms with E-state index in [0.717, 1.165) is 5.69 Å². The Morgan fingerprint density at radius 1 is 1.14 bits per heavy atom. The topological polar surface area (TPSA) is 40.5 Å². The molecular formula is C17H19NO2S. The molecule has 0 aliphatic rings. The Labute approximate surface area is 129 Å². The molecule has 0 aliphatic heterocycles. The number of aliphatic carboxylic acids is 1. The average Bonchev–Trinajstić information content (AvgIpc) is 2.52. The van der Waals surface area contributed by atoms with Gasteiger partial charge in [-0.05, 0) is 30.0 Å². The molecule has 0 radical (unpaired) electrons. The number of nitrogens with zero attached hydrogens (tertiary/aromatic N) is 1. The molecule has 0 aliphatic carbocycles. The van der Waals surface area contributed by atoms with Crippen molar-refractivity contribution in [3.63, 3.8) is 0 Å². The number of hydrogen-bond donors (Lipinski definition) is 1. The molecule has 0 amide bonds. The van der Waals surface area contributed by atoms with Crippen molar-refractivity contribution in [2.45, 2.75) is 17.9 Å². The second kappa shape index (κ2) is 7.74. The number of carbonyl (C=O) groups is 1. The van der Waals surface area contributed by atoms with Crippen LogP contribution in [-0.2, 0) is 11.3 Å². The van der Waals surface area contributed by atoms with E-state index in [1.165, 1.54) is 10.5 Å². The molecule has 0 spiro atoms. The van der Waals surface area contributed by atoms with Crippen molar-refractivity contribution in [1.29, 1.82) is 0 Å². The Morgan fingerprint density at radius 3 is 2.57 bits per heavy atom. The fraction of sp³-hybridized carbons (Fsp3) is 0.235. The summed E-state index contributed by atoms with van der Waals surface area (Å²) in [5.74, 6) is -0.769. The first-order valence-electron chi connectivity index (χ1n) is 6.84. The Hall–Kier alpha value is -1.94. The molecule has 2 aromatic rings. The van der Waals surface area contributed by atoms with Crippen LogP contribution in [0.15, 0.2) is 59.5 Å². The van der Waals surface area contributed by atoms with Gasteiger partial charge in [-0.25, -0.2) is 0 Å². The van der Waals surface area contributed by atoms with Crippen LogP contribution in [0.1, 0.15) is 12.0 Å². The summed E-state index contributed by atoms with van der Waals surface area (Å²) in [7, 11) is 0. The lowest BCUT2D eigenvalue weighted by molar-refractivity contribution is -0.136. The molecule has 2 aromatic carbocycles. The molecule has 1 N–H and O–H groups in total. The lowest BCUT2D eigenvalue weighted by Gasteiger charge is -2.25. The number of hydrogen-bond acceptors (Lipinski definition) is 3. The maximum atomic E-state index is 10.9. The van der Waals surface area contributed by atoms with Gasteiger partial charge in [0.15, 0.2) is 0 Å². The molecule has 0 saturated heterocycles. The quantitative estimate of drug-likeness (QED) is 0.788. The summed E-state index contributed by atoms with van der Waals surface area (Å²) in [6.07, 6.45) is 2.17. The lowest BCUT2D eigenvalue weighted by atomic mass is 10.2. The number of benzene rings is 2. The molecule has 0 heterocycles. The maximum Gasteiger partial charge on any atom is 0.305 e. The minimum atomic E-state index is -0.769. The van der Waals surface area contributed by atoms with E-state index in [9.17, 15) is 4.79 Å². The zero-order chi connectivity index (χ0) is 15.1. The molecule has 2 rings (SSSR count). The standard InChI is InChI=1S/C17H19NO2S/c1-21-16-9-5-8-15(12-16)18(11-10-17(19)20)13-14-6-3-2-4-7-14/h2-9,12H,10-11,13H2,1H3,(H,19,20). The van der Waals surface area contributed by atoms with E-state index in [1.54, 1.807) is 11.8 Å². The zero-order valence-corrected chi connectivity index (χ0v) is 12.8. The van der Waals surface area contributed by atoms with Crippen LogP contribution in [-0.4, -0.2) is 23.9 Å². The Bertz CT molecular complexity index is 586. The molecular weight excluding hydrogens is 282 g/mol. The van der Waals surface area contributed by atoms with E-state index in [1.807, 2.05) is 36.6 Å². The van der Waals surface area contributed by atoms with Crippen molar-refractivity contribution in [3.05, 3.63) is 60.2 Å². The van der Waals surface area contributed by atoms with Crippen LogP contribution in [0.4, 0.5) is 5.69 Å². The number of anilines is 1. The van der Waals surface area contributed by atoms with E-state index in [4.69, 9.17) is 5.11 Å². The minimum Gasteiger partial charge on any atom is -0.481 e. The molecule has 0 saturated carbocycles. The van der Waals surface area contributed by atoms with Gasteiger partial charge in [0.25, 0.3) is 0 Å². The third kappa shape index (κ3) is 4.83. The van der Waals surface area contributed by atoms with Crippen LogP contribution < -0.4 is 4.90 Å². The van der Waals surface area contributed by atoms with Gasteiger partial charge in [0.1, 0.15) is 0 Å². The molecule has 21 heavy (non-hydrogen) atoms. The minimum absolute atomic E-state index is 0.135. The highest BCUT2D eigenvalue weighted by atomic mass is 32.2. The van der Waals surface area contributed by atoms with Crippen LogP contribution in [0, 0.1) is 0 Å². The van der Waals surface area contributed by atoms with Gasteiger partial charge >= 0.3 is 5.97 Å². The summed E-state index contributed by atoms with van der Waals surface area (Å²) in [4.78, 5) is 14.2. The summed E-state index contributed by atoms with van der Waals surface area (Å²) >= 11 is 1.69. The van der Waals surface area contributed by atoms with E-state index in [0.29, 0.717) is 13.1 Å². The number of rotatable bonds is 7. The Kier molecular flexibility index (Phi) is 5.69. The second-order valence-electron chi connectivity index (χ2n) is 4.75. The van der Waals surface area contributed by atoms with Crippen LogP contribution in [0.25, 0.3) is 0 Å². The first-order chi connectivity index (χ1) is 10.2. The first kappa shape index (κ1) is 15.4. The number of carboxylic acids is 1. The highest BCUT2D eigenvalue weighted by Crippen LogP contribution is 2.23. The fourth-order valence-electron chi connectivity index (χ4n) is 2.14. The maximum absolute atomic E-state index is 10.9. The predicted octanol–water partition coefficient (Wildman–Crippen LogP) is 3.89. The van der Waals surface area contributed by atoms with Crippen LogP contribution in [0.2, 0.25) is 0 Å². The van der Waals surface area contributed by atoms with E-state index in [-0.39, 0.29) is 6.42 Å². The second-order valence-corrected chi connectivity index (χ2v) is 5.63. The Balaban J connectivity index is 2.20. The molecule has 4 heteroatoms. The zero-order valence-electron chi connectivity index (χ0n) is 12.0. The van der Waals surface area contributed by atoms with Crippen molar-refractivity contribution >= 4 is 23.4 Å². The van der Waals surface area contributed by atoms with Gasteiger partial charge < -0.3 is 10.0 Å². The molecule has 3 nitrogen and oxygen atoms in total. The van der Waals surface area contributed by atoms with Crippen LogP contribution >= 0.6 is 11.8 Å². The molecule has 0 atom stereocenters. The molecule has 0 bridgehead atoms.